The number of amides is 1. The fraction of sp³-hybridized carbons (Fsp3) is 0.462. The van der Waals surface area contributed by atoms with E-state index in [4.69, 9.17) is 16.3 Å². The van der Waals surface area contributed by atoms with E-state index in [9.17, 15) is 9.18 Å². The number of carbonyl (C=O) groups is 1. The van der Waals surface area contributed by atoms with E-state index in [1.807, 2.05) is 0 Å². The second-order valence-electron chi connectivity index (χ2n) is 4.43. The highest BCUT2D eigenvalue weighted by atomic mass is 35.5. The number of morpholine rings is 1. The van der Waals surface area contributed by atoms with E-state index in [0.717, 1.165) is 6.54 Å². The van der Waals surface area contributed by atoms with Crippen molar-refractivity contribution in [3.63, 3.8) is 0 Å². The van der Waals surface area contributed by atoms with Crippen LogP contribution in [0, 0.1) is 5.82 Å². The quantitative estimate of drug-likeness (QED) is 0.888. The summed E-state index contributed by atoms with van der Waals surface area (Å²) in [6.45, 7) is 3.38. The molecule has 2 N–H and O–H groups in total. The lowest BCUT2D eigenvalue weighted by atomic mass is 10.1. The van der Waals surface area contributed by atoms with Crippen molar-refractivity contribution in [2.45, 2.75) is 19.1 Å². The zero-order chi connectivity index (χ0) is 13.8. The molecule has 0 saturated carbocycles. The standard InChI is InChI=1S/C13H16ClFN2O2/c1-8(12-9(14)3-2-4-10(12)15)17-13(18)11-7-16-5-6-19-11/h2-4,8,11,16H,5-7H2,1H3,(H,17,18). The Balaban J connectivity index is 2.04. The second-order valence-corrected chi connectivity index (χ2v) is 4.84. The van der Waals surface area contributed by atoms with Crippen LogP contribution in [-0.4, -0.2) is 31.7 Å². The van der Waals surface area contributed by atoms with Gasteiger partial charge in [0, 0.05) is 23.7 Å². The highest BCUT2D eigenvalue weighted by Crippen LogP contribution is 2.25. The first-order chi connectivity index (χ1) is 9.09. The molecule has 0 aromatic heterocycles. The van der Waals surface area contributed by atoms with Crippen LogP contribution in [0.2, 0.25) is 5.02 Å². The molecule has 2 unspecified atom stereocenters. The Morgan fingerprint density at radius 2 is 2.42 bits per heavy atom. The van der Waals surface area contributed by atoms with Gasteiger partial charge in [-0.25, -0.2) is 4.39 Å². The summed E-state index contributed by atoms with van der Waals surface area (Å²) in [4.78, 5) is 12.0. The largest absolute Gasteiger partial charge is 0.366 e. The normalized spacial score (nSPS) is 20.9. The molecule has 6 heteroatoms. The summed E-state index contributed by atoms with van der Waals surface area (Å²) >= 11 is 5.96. The molecule has 1 saturated heterocycles. The molecule has 1 heterocycles. The van der Waals surface area contributed by atoms with E-state index in [1.165, 1.54) is 12.1 Å². The molecular formula is C13H16ClFN2O2. The third kappa shape index (κ3) is 3.43. The molecule has 1 aliphatic rings. The number of halogens is 2. The van der Waals surface area contributed by atoms with Crippen LogP contribution in [0.4, 0.5) is 4.39 Å². The average Bonchev–Trinajstić information content (AvgIpc) is 2.39. The summed E-state index contributed by atoms with van der Waals surface area (Å²) in [6, 6.07) is 3.94. The van der Waals surface area contributed by atoms with Crippen LogP contribution < -0.4 is 10.6 Å². The fourth-order valence-electron chi connectivity index (χ4n) is 2.04. The van der Waals surface area contributed by atoms with Crippen LogP contribution in [0.3, 0.4) is 0 Å². The van der Waals surface area contributed by atoms with Crippen LogP contribution in [-0.2, 0) is 9.53 Å². The molecule has 104 valence electrons. The number of hydrogen-bond acceptors (Lipinski definition) is 3. The van der Waals surface area contributed by atoms with Crippen molar-refractivity contribution in [2.75, 3.05) is 19.7 Å². The van der Waals surface area contributed by atoms with Crippen molar-refractivity contribution >= 4 is 17.5 Å². The Bertz CT molecular complexity index is 444. The third-order valence-electron chi connectivity index (χ3n) is 3.01. The predicted molar refractivity (Wildman–Crippen MR) is 70.6 cm³/mol. The van der Waals surface area contributed by atoms with Crippen molar-refractivity contribution in [2.24, 2.45) is 0 Å². The Labute approximate surface area is 116 Å². The van der Waals surface area contributed by atoms with Crippen LogP contribution in [0.25, 0.3) is 0 Å². The van der Waals surface area contributed by atoms with Crippen molar-refractivity contribution in [3.05, 3.63) is 34.6 Å². The average molecular weight is 287 g/mol. The topological polar surface area (TPSA) is 50.4 Å². The maximum atomic E-state index is 13.7. The Morgan fingerprint density at radius 1 is 1.63 bits per heavy atom. The molecule has 0 bridgehead atoms. The van der Waals surface area contributed by atoms with Gasteiger partial charge in [-0.15, -0.1) is 0 Å². The number of benzene rings is 1. The molecular weight excluding hydrogens is 271 g/mol. The summed E-state index contributed by atoms with van der Waals surface area (Å²) in [5.74, 6) is -0.693. The van der Waals surface area contributed by atoms with E-state index in [0.29, 0.717) is 23.7 Å². The minimum Gasteiger partial charge on any atom is -0.366 e. The van der Waals surface area contributed by atoms with E-state index < -0.39 is 18.0 Å². The lowest BCUT2D eigenvalue weighted by molar-refractivity contribution is -0.134. The van der Waals surface area contributed by atoms with Crippen LogP contribution >= 0.6 is 11.6 Å². The monoisotopic (exact) mass is 286 g/mol. The number of nitrogens with one attached hydrogen (secondary N) is 2. The first kappa shape index (κ1) is 14.2. The molecule has 0 radical (unpaired) electrons. The maximum Gasteiger partial charge on any atom is 0.250 e. The van der Waals surface area contributed by atoms with Crippen LogP contribution in [0.5, 0.6) is 0 Å². The molecule has 1 aliphatic heterocycles. The van der Waals surface area contributed by atoms with Gasteiger partial charge in [-0.1, -0.05) is 17.7 Å². The maximum absolute atomic E-state index is 13.7. The van der Waals surface area contributed by atoms with E-state index in [2.05, 4.69) is 10.6 Å². The highest BCUT2D eigenvalue weighted by molar-refractivity contribution is 6.31. The van der Waals surface area contributed by atoms with Gasteiger partial charge in [0.05, 0.1) is 12.6 Å². The van der Waals surface area contributed by atoms with Gasteiger partial charge in [0.15, 0.2) is 0 Å². The van der Waals surface area contributed by atoms with Gasteiger partial charge >= 0.3 is 0 Å². The smallest absolute Gasteiger partial charge is 0.250 e. The second kappa shape index (κ2) is 6.32. The van der Waals surface area contributed by atoms with Gasteiger partial charge in [0.25, 0.3) is 5.91 Å². The summed E-state index contributed by atoms with van der Waals surface area (Å²) < 4.78 is 19.0. The molecule has 2 atom stereocenters. The van der Waals surface area contributed by atoms with E-state index >= 15 is 0 Å². The predicted octanol–water partition coefficient (Wildman–Crippen LogP) is 1.64. The van der Waals surface area contributed by atoms with Gasteiger partial charge in [-0.2, -0.15) is 0 Å². The first-order valence-electron chi connectivity index (χ1n) is 6.16. The summed E-state index contributed by atoms with van der Waals surface area (Å²) in [5.41, 5.74) is 0.293. The number of ether oxygens (including phenoxy) is 1. The Morgan fingerprint density at radius 3 is 3.05 bits per heavy atom. The number of rotatable bonds is 3. The summed E-state index contributed by atoms with van der Waals surface area (Å²) in [5, 5.41) is 6.09. The third-order valence-corrected chi connectivity index (χ3v) is 3.34. The van der Waals surface area contributed by atoms with Gasteiger partial charge in [0.1, 0.15) is 11.9 Å². The number of carbonyl (C=O) groups excluding carboxylic acids is 1. The van der Waals surface area contributed by atoms with Gasteiger partial charge in [-0.05, 0) is 19.1 Å². The summed E-state index contributed by atoms with van der Waals surface area (Å²) in [6.07, 6.45) is -0.540. The van der Waals surface area contributed by atoms with Crippen LogP contribution in [0.15, 0.2) is 18.2 Å². The van der Waals surface area contributed by atoms with Gasteiger partial charge in [-0.3, -0.25) is 4.79 Å². The minimum absolute atomic E-state index is 0.265. The van der Waals surface area contributed by atoms with Crippen LogP contribution in [0.1, 0.15) is 18.5 Å². The molecule has 2 rings (SSSR count). The zero-order valence-electron chi connectivity index (χ0n) is 10.6. The Hall–Kier alpha value is -1.17. The van der Waals surface area contributed by atoms with Gasteiger partial charge < -0.3 is 15.4 Å². The molecule has 4 nitrogen and oxygen atoms in total. The molecule has 1 aromatic rings. The van der Waals surface area contributed by atoms with Crippen molar-refractivity contribution in [3.8, 4) is 0 Å². The lowest BCUT2D eigenvalue weighted by Gasteiger charge is -2.25. The van der Waals surface area contributed by atoms with E-state index in [1.54, 1.807) is 13.0 Å². The minimum atomic E-state index is -0.540. The molecule has 1 amide bonds. The molecule has 19 heavy (non-hydrogen) atoms. The first-order valence-corrected chi connectivity index (χ1v) is 6.54. The molecule has 1 aromatic carbocycles. The SMILES string of the molecule is CC(NC(=O)C1CNCCO1)c1c(F)cccc1Cl. The van der Waals surface area contributed by atoms with Crippen molar-refractivity contribution in [1.82, 2.24) is 10.6 Å². The molecule has 0 aliphatic carbocycles. The highest BCUT2D eigenvalue weighted by Gasteiger charge is 2.24. The molecule has 1 fully saturated rings. The van der Waals surface area contributed by atoms with Crippen molar-refractivity contribution < 1.29 is 13.9 Å². The van der Waals surface area contributed by atoms with Gasteiger partial charge in [0.2, 0.25) is 0 Å². The lowest BCUT2D eigenvalue weighted by Crippen LogP contribution is -2.48. The van der Waals surface area contributed by atoms with Crippen molar-refractivity contribution in [1.29, 1.82) is 0 Å². The Kier molecular flexibility index (Phi) is 4.74. The summed E-state index contributed by atoms with van der Waals surface area (Å²) in [7, 11) is 0. The molecule has 0 spiro atoms. The fourth-order valence-corrected chi connectivity index (χ4v) is 2.36. The number of hydrogen-bond donors (Lipinski definition) is 2. The zero-order valence-corrected chi connectivity index (χ0v) is 11.3. The van der Waals surface area contributed by atoms with E-state index in [-0.39, 0.29) is 5.91 Å².